The van der Waals surface area contributed by atoms with E-state index in [-0.39, 0.29) is 16.8 Å². The normalized spacial score (nSPS) is 17.9. The van der Waals surface area contributed by atoms with Gasteiger partial charge >= 0.3 is 5.63 Å². The molecule has 1 aliphatic heterocycles. The second-order valence-corrected chi connectivity index (χ2v) is 9.05. The molecule has 4 aromatic rings. The largest absolute Gasteiger partial charge is 0.422 e. The Morgan fingerprint density at radius 3 is 2.73 bits per heavy atom. The Bertz CT molecular complexity index is 1380. The van der Waals surface area contributed by atoms with E-state index < -0.39 is 5.63 Å². The number of carbonyl (C=O) groups is 1. The monoisotopic (exact) mass is 413 g/mol. The van der Waals surface area contributed by atoms with Crippen molar-refractivity contribution >= 4 is 39.4 Å². The molecule has 1 aliphatic carbocycles. The Morgan fingerprint density at radius 1 is 1.00 bits per heavy atom. The highest BCUT2D eigenvalue weighted by atomic mass is 32.2. The minimum Gasteiger partial charge on any atom is -0.422 e. The van der Waals surface area contributed by atoms with E-state index in [1.807, 2.05) is 23.1 Å². The fourth-order valence-corrected chi connectivity index (χ4v) is 6.08. The fourth-order valence-electron chi connectivity index (χ4n) is 4.79. The molecule has 1 aromatic heterocycles. The second-order valence-electron chi connectivity index (χ2n) is 7.86. The maximum atomic E-state index is 13.4. The molecular formula is C25H19NO3S. The predicted octanol–water partition coefficient (Wildman–Crippen LogP) is 4.93. The van der Waals surface area contributed by atoms with Crippen molar-refractivity contribution in [3.8, 4) is 0 Å². The van der Waals surface area contributed by atoms with E-state index in [0.717, 1.165) is 29.5 Å². The van der Waals surface area contributed by atoms with Crippen LogP contribution in [-0.2, 0) is 12.8 Å². The number of amides is 1. The standard InChI is InChI=1S/C25H19NO3S/c27-23(20-14-17-4-1-2-7-21(17)29-25(20)28)26-12-13-30-24(26)19-11-10-16-9-8-15-5-3-6-18(19)22(15)16/h1-7,10-11,14,24H,8-9,12-13H2/t24-/m0/s1. The van der Waals surface area contributed by atoms with Crippen LogP contribution in [0, 0.1) is 0 Å². The van der Waals surface area contributed by atoms with Crippen LogP contribution in [0.2, 0.25) is 0 Å². The van der Waals surface area contributed by atoms with Gasteiger partial charge < -0.3 is 9.32 Å². The quantitative estimate of drug-likeness (QED) is 0.437. The van der Waals surface area contributed by atoms with Crippen molar-refractivity contribution in [2.45, 2.75) is 18.2 Å². The van der Waals surface area contributed by atoms with Crippen molar-refractivity contribution in [3.05, 3.63) is 93.3 Å². The van der Waals surface area contributed by atoms with Crippen LogP contribution in [0.25, 0.3) is 21.7 Å². The van der Waals surface area contributed by atoms with Crippen LogP contribution in [0.5, 0.6) is 0 Å². The lowest BCUT2D eigenvalue weighted by Crippen LogP contribution is -2.33. The van der Waals surface area contributed by atoms with Gasteiger partial charge in [-0.1, -0.05) is 48.5 Å². The number of aryl methyl sites for hydroxylation is 2. The van der Waals surface area contributed by atoms with E-state index in [4.69, 9.17) is 4.42 Å². The first-order valence-electron chi connectivity index (χ1n) is 10.2. The summed E-state index contributed by atoms with van der Waals surface area (Å²) >= 11 is 1.76. The van der Waals surface area contributed by atoms with Gasteiger partial charge in [0.25, 0.3) is 5.91 Å². The summed E-state index contributed by atoms with van der Waals surface area (Å²) in [6, 6.07) is 19.8. The number of nitrogens with zero attached hydrogens (tertiary/aromatic N) is 1. The molecule has 1 atom stereocenters. The van der Waals surface area contributed by atoms with Gasteiger partial charge in [-0.05, 0) is 52.4 Å². The van der Waals surface area contributed by atoms with Crippen LogP contribution in [0.1, 0.15) is 32.4 Å². The fraction of sp³-hybridized carbons (Fsp3) is 0.200. The second kappa shape index (κ2) is 6.74. The minimum atomic E-state index is -0.574. The summed E-state index contributed by atoms with van der Waals surface area (Å²) in [6.45, 7) is 0.614. The molecular weight excluding hydrogens is 394 g/mol. The van der Waals surface area contributed by atoms with E-state index >= 15 is 0 Å². The zero-order valence-electron chi connectivity index (χ0n) is 16.3. The van der Waals surface area contributed by atoms with Gasteiger partial charge in [0, 0.05) is 17.7 Å². The highest BCUT2D eigenvalue weighted by Gasteiger charge is 2.34. The molecule has 0 saturated carbocycles. The SMILES string of the molecule is O=C(c1cc2ccccc2oc1=O)N1CCS[C@H]1c1ccc2c3c(cccc13)CC2. The molecule has 148 valence electrons. The third kappa shape index (κ3) is 2.62. The van der Waals surface area contributed by atoms with Gasteiger partial charge in [0.05, 0.1) is 0 Å². The van der Waals surface area contributed by atoms with Gasteiger partial charge in [-0.25, -0.2) is 4.79 Å². The number of fused-ring (bicyclic) bond motifs is 1. The van der Waals surface area contributed by atoms with Crippen LogP contribution >= 0.6 is 11.8 Å². The lowest BCUT2D eigenvalue weighted by atomic mass is 9.99. The molecule has 0 N–H and O–H groups in total. The molecule has 1 fully saturated rings. The molecule has 2 aliphatic rings. The van der Waals surface area contributed by atoms with Crippen LogP contribution in [0.3, 0.4) is 0 Å². The first-order valence-corrected chi connectivity index (χ1v) is 11.2. The molecule has 0 spiro atoms. The van der Waals surface area contributed by atoms with E-state index in [9.17, 15) is 9.59 Å². The molecule has 1 saturated heterocycles. The molecule has 5 heteroatoms. The number of hydrogen-bond donors (Lipinski definition) is 0. The van der Waals surface area contributed by atoms with Gasteiger partial charge in [0.2, 0.25) is 0 Å². The topological polar surface area (TPSA) is 50.5 Å². The Hall–Kier alpha value is -3.05. The van der Waals surface area contributed by atoms with Crippen molar-refractivity contribution in [2.75, 3.05) is 12.3 Å². The summed E-state index contributed by atoms with van der Waals surface area (Å²) < 4.78 is 5.41. The lowest BCUT2D eigenvalue weighted by molar-refractivity contribution is 0.0757. The summed E-state index contributed by atoms with van der Waals surface area (Å²) in [6.07, 6.45) is 2.16. The van der Waals surface area contributed by atoms with Crippen LogP contribution in [0.4, 0.5) is 0 Å². The summed E-state index contributed by atoms with van der Waals surface area (Å²) in [5.41, 5.74) is 3.96. The zero-order valence-corrected chi connectivity index (χ0v) is 17.1. The Balaban J connectivity index is 1.45. The van der Waals surface area contributed by atoms with Crippen molar-refractivity contribution < 1.29 is 9.21 Å². The Labute approximate surface area is 177 Å². The van der Waals surface area contributed by atoms with E-state index in [2.05, 4.69) is 30.3 Å². The number of carbonyl (C=O) groups excluding carboxylic acids is 1. The Kier molecular flexibility index (Phi) is 4.00. The van der Waals surface area contributed by atoms with Gasteiger partial charge in [-0.2, -0.15) is 0 Å². The molecule has 2 heterocycles. The van der Waals surface area contributed by atoms with Crippen LogP contribution in [0.15, 0.2) is 69.9 Å². The van der Waals surface area contributed by atoms with Gasteiger partial charge in [0.1, 0.15) is 16.5 Å². The van der Waals surface area contributed by atoms with Crippen LogP contribution < -0.4 is 5.63 Å². The molecule has 0 bridgehead atoms. The Morgan fingerprint density at radius 2 is 1.83 bits per heavy atom. The van der Waals surface area contributed by atoms with Crippen molar-refractivity contribution in [1.29, 1.82) is 0 Å². The average Bonchev–Trinajstić information content (AvgIpc) is 3.42. The smallest absolute Gasteiger partial charge is 0.349 e. The molecule has 6 rings (SSSR count). The summed E-state index contributed by atoms with van der Waals surface area (Å²) in [4.78, 5) is 27.8. The summed E-state index contributed by atoms with van der Waals surface area (Å²) in [7, 11) is 0. The summed E-state index contributed by atoms with van der Waals surface area (Å²) in [5.74, 6) is 0.589. The third-order valence-electron chi connectivity index (χ3n) is 6.20. The average molecular weight is 413 g/mol. The first kappa shape index (κ1) is 17.8. The van der Waals surface area contributed by atoms with Crippen molar-refractivity contribution in [3.63, 3.8) is 0 Å². The molecule has 3 aromatic carbocycles. The minimum absolute atomic E-state index is 0.103. The lowest BCUT2D eigenvalue weighted by Gasteiger charge is -2.25. The predicted molar refractivity (Wildman–Crippen MR) is 120 cm³/mol. The van der Waals surface area contributed by atoms with E-state index in [1.54, 1.807) is 23.9 Å². The van der Waals surface area contributed by atoms with Gasteiger partial charge in [-0.3, -0.25) is 4.79 Å². The number of para-hydroxylation sites is 1. The zero-order chi connectivity index (χ0) is 20.2. The first-order chi connectivity index (χ1) is 14.7. The van der Waals surface area contributed by atoms with E-state index in [1.165, 1.54) is 21.9 Å². The molecule has 0 unspecified atom stereocenters. The van der Waals surface area contributed by atoms with Crippen molar-refractivity contribution in [1.82, 2.24) is 4.90 Å². The number of hydrogen-bond acceptors (Lipinski definition) is 4. The maximum Gasteiger partial charge on any atom is 0.349 e. The highest BCUT2D eigenvalue weighted by Crippen LogP contribution is 2.44. The third-order valence-corrected chi connectivity index (χ3v) is 7.44. The van der Waals surface area contributed by atoms with Crippen molar-refractivity contribution in [2.24, 2.45) is 0 Å². The maximum absolute atomic E-state index is 13.4. The molecule has 4 nitrogen and oxygen atoms in total. The molecule has 30 heavy (non-hydrogen) atoms. The van der Waals surface area contributed by atoms with E-state index in [0.29, 0.717) is 12.1 Å². The number of rotatable bonds is 2. The molecule has 0 radical (unpaired) electrons. The van der Waals surface area contributed by atoms with Crippen LogP contribution in [-0.4, -0.2) is 23.1 Å². The van der Waals surface area contributed by atoms with Gasteiger partial charge in [0.15, 0.2) is 0 Å². The number of benzene rings is 3. The van der Waals surface area contributed by atoms with Gasteiger partial charge in [-0.15, -0.1) is 11.8 Å². The summed E-state index contributed by atoms with van der Waals surface area (Å²) in [5, 5.41) is 3.23. The number of thioether (sulfide) groups is 1. The highest BCUT2D eigenvalue weighted by molar-refractivity contribution is 7.99. The molecule has 1 amide bonds.